The minimum absolute atomic E-state index is 0.0927. The van der Waals surface area contributed by atoms with E-state index in [2.05, 4.69) is 33.7 Å². The van der Waals surface area contributed by atoms with Crippen LogP contribution in [0.2, 0.25) is 0 Å². The lowest BCUT2D eigenvalue weighted by molar-refractivity contribution is -0.129. The second-order valence-electron chi connectivity index (χ2n) is 9.08. The summed E-state index contributed by atoms with van der Waals surface area (Å²) in [5.74, 6) is 0.943. The monoisotopic (exact) mass is 502 g/mol. The zero-order valence-corrected chi connectivity index (χ0v) is 21.8. The Morgan fingerprint density at radius 3 is 2.46 bits per heavy atom. The van der Waals surface area contributed by atoms with Crippen molar-refractivity contribution in [2.24, 2.45) is 7.05 Å². The van der Waals surface area contributed by atoms with Crippen LogP contribution in [0.25, 0.3) is 0 Å². The molecule has 37 heavy (non-hydrogen) atoms. The van der Waals surface area contributed by atoms with Crippen molar-refractivity contribution >= 4 is 23.3 Å². The van der Waals surface area contributed by atoms with E-state index in [1.54, 1.807) is 41.3 Å². The van der Waals surface area contributed by atoms with Crippen molar-refractivity contribution in [2.75, 3.05) is 50.5 Å². The molecule has 0 saturated carbocycles. The molecule has 1 fully saturated rings. The Bertz CT molecular complexity index is 1210. The molecular formula is C27H34N8O2. The number of pyridine rings is 1. The molecule has 10 heteroatoms. The number of likely N-dealkylation sites (N-methyl/N-ethyl adjacent to an activating group) is 2. The van der Waals surface area contributed by atoms with Gasteiger partial charge in [0.15, 0.2) is 0 Å². The van der Waals surface area contributed by atoms with E-state index in [4.69, 9.17) is 5.26 Å². The van der Waals surface area contributed by atoms with Gasteiger partial charge in [-0.05, 0) is 48.4 Å². The summed E-state index contributed by atoms with van der Waals surface area (Å²) in [6, 6.07) is 13.5. The highest BCUT2D eigenvalue weighted by Crippen LogP contribution is 2.17. The number of nitrogens with zero attached hydrogens (tertiary/aromatic N) is 6. The lowest BCUT2D eigenvalue weighted by Crippen LogP contribution is -2.48. The standard InChI is InChI=1S/C16H20N6O2.C11H14N2/c1-20-5-6-22(11-16(20)24)13-3-4-14(17-9-13)19-15(23)7-12-8-18-21(2)10-12;1-9(8-13-2)11-5-3-10(7-12)4-6-11/h3-4,8-10H,5-7,11H2,1-2H3,(H,17,19,23);3-6,9,13H,8H2,1-2H3. The number of aryl methyl sites for hydroxylation is 1. The molecule has 2 aromatic heterocycles. The minimum atomic E-state index is -0.141. The van der Waals surface area contributed by atoms with Gasteiger partial charge in [-0.25, -0.2) is 4.98 Å². The predicted octanol–water partition coefficient (Wildman–Crippen LogP) is 2.16. The van der Waals surface area contributed by atoms with E-state index in [-0.39, 0.29) is 18.2 Å². The number of hydrogen-bond donors (Lipinski definition) is 2. The number of hydrogen-bond acceptors (Lipinski definition) is 7. The summed E-state index contributed by atoms with van der Waals surface area (Å²) in [6.45, 7) is 4.95. The van der Waals surface area contributed by atoms with Crippen LogP contribution in [0, 0.1) is 11.3 Å². The second-order valence-corrected chi connectivity index (χ2v) is 9.08. The molecule has 2 N–H and O–H groups in total. The van der Waals surface area contributed by atoms with Gasteiger partial charge in [0.25, 0.3) is 0 Å². The van der Waals surface area contributed by atoms with Crippen LogP contribution < -0.4 is 15.5 Å². The maximum absolute atomic E-state index is 12.0. The fraction of sp³-hybridized carbons (Fsp3) is 0.370. The summed E-state index contributed by atoms with van der Waals surface area (Å²) in [5.41, 5.74) is 3.72. The Hall–Kier alpha value is -4.23. The van der Waals surface area contributed by atoms with Crippen molar-refractivity contribution in [2.45, 2.75) is 19.3 Å². The first-order valence-electron chi connectivity index (χ1n) is 12.2. The highest BCUT2D eigenvalue weighted by molar-refractivity contribution is 5.91. The fourth-order valence-corrected chi connectivity index (χ4v) is 3.87. The molecule has 4 rings (SSSR count). The van der Waals surface area contributed by atoms with Crippen LogP contribution in [0.3, 0.4) is 0 Å². The molecular weight excluding hydrogens is 468 g/mol. The third-order valence-corrected chi connectivity index (χ3v) is 6.08. The second kappa shape index (κ2) is 13.2. The quantitative estimate of drug-likeness (QED) is 0.508. The van der Waals surface area contributed by atoms with Crippen LogP contribution in [0.1, 0.15) is 29.5 Å². The molecule has 10 nitrogen and oxygen atoms in total. The SMILES string of the molecule is CN1CCN(c2ccc(NC(=O)Cc3cnn(C)c3)nc2)CC1=O.CNCC(C)c1ccc(C#N)cc1. The van der Waals surface area contributed by atoms with Gasteiger partial charge in [0.05, 0.1) is 42.7 Å². The average Bonchev–Trinajstić information content (AvgIpc) is 3.31. The zero-order valence-electron chi connectivity index (χ0n) is 21.8. The van der Waals surface area contributed by atoms with Gasteiger partial charge in [-0.15, -0.1) is 0 Å². The lowest BCUT2D eigenvalue weighted by atomic mass is 10.0. The Balaban J connectivity index is 0.000000248. The Morgan fingerprint density at radius 1 is 1.14 bits per heavy atom. The van der Waals surface area contributed by atoms with Crippen molar-refractivity contribution in [3.05, 3.63) is 71.7 Å². The summed E-state index contributed by atoms with van der Waals surface area (Å²) in [5, 5.41) is 18.5. The third-order valence-electron chi connectivity index (χ3n) is 6.08. The highest BCUT2D eigenvalue weighted by Gasteiger charge is 2.21. The van der Waals surface area contributed by atoms with Gasteiger partial charge in [0.1, 0.15) is 5.82 Å². The molecule has 1 aliphatic rings. The molecule has 2 amide bonds. The molecule has 1 aliphatic heterocycles. The van der Waals surface area contributed by atoms with E-state index in [0.29, 0.717) is 24.8 Å². The van der Waals surface area contributed by atoms with Gasteiger partial charge in [-0.2, -0.15) is 10.4 Å². The van der Waals surface area contributed by atoms with Gasteiger partial charge in [0, 0.05) is 39.9 Å². The van der Waals surface area contributed by atoms with Crippen LogP contribution in [-0.2, 0) is 23.1 Å². The van der Waals surface area contributed by atoms with E-state index in [1.807, 2.05) is 49.3 Å². The first-order valence-corrected chi connectivity index (χ1v) is 12.2. The van der Waals surface area contributed by atoms with Crippen molar-refractivity contribution in [3.8, 4) is 6.07 Å². The first kappa shape index (κ1) is 27.4. The maximum Gasteiger partial charge on any atom is 0.241 e. The van der Waals surface area contributed by atoms with Gasteiger partial charge in [-0.3, -0.25) is 14.3 Å². The highest BCUT2D eigenvalue weighted by atomic mass is 16.2. The zero-order chi connectivity index (χ0) is 26.8. The van der Waals surface area contributed by atoms with Gasteiger partial charge < -0.3 is 20.4 Å². The van der Waals surface area contributed by atoms with Crippen LogP contribution in [0.15, 0.2) is 55.0 Å². The molecule has 0 spiro atoms. The van der Waals surface area contributed by atoms with E-state index in [0.717, 1.165) is 29.9 Å². The number of nitriles is 1. The number of rotatable bonds is 7. The summed E-state index contributed by atoms with van der Waals surface area (Å²) in [6.07, 6.45) is 5.41. The number of benzene rings is 1. The molecule has 3 heterocycles. The van der Waals surface area contributed by atoms with Gasteiger partial charge in [-0.1, -0.05) is 19.1 Å². The normalized spacial score (nSPS) is 13.9. The first-order chi connectivity index (χ1) is 17.8. The fourth-order valence-electron chi connectivity index (χ4n) is 3.87. The predicted molar refractivity (Wildman–Crippen MR) is 143 cm³/mol. The average molecular weight is 503 g/mol. The Morgan fingerprint density at radius 2 is 1.89 bits per heavy atom. The molecule has 1 saturated heterocycles. The largest absolute Gasteiger partial charge is 0.359 e. The number of aromatic nitrogens is 3. The van der Waals surface area contributed by atoms with Gasteiger partial charge >= 0.3 is 0 Å². The van der Waals surface area contributed by atoms with E-state index < -0.39 is 0 Å². The number of carbonyl (C=O) groups is 2. The summed E-state index contributed by atoms with van der Waals surface area (Å²) in [4.78, 5) is 31.7. The Kier molecular flexibility index (Phi) is 9.75. The van der Waals surface area contributed by atoms with Crippen LogP contribution in [0.4, 0.5) is 11.5 Å². The molecule has 194 valence electrons. The topological polar surface area (TPSA) is 119 Å². The van der Waals surface area contributed by atoms with E-state index in [1.165, 1.54) is 5.56 Å². The minimum Gasteiger partial charge on any atom is -0.359 e. The number of carbonyl (C=O) groups excluding carboxylic acids is 2. The summed E-state index contributed by atoms with van der Waals surface area (Å²) >= 11 is 0. The third kappa shape index (κ3) is 8.15. The molecule has 3 aromatic rings. The molecule has 1 unspecified atom stereocenters. The number of nitrogens with one attached hydrogen (secondary N) is 2. The number of anilines is 2. The number of piperazine rings is 1. The van der Waals surface area contributed by atoms with Crippen molar-refractivity contribution in [1.82, 2.24) is 25.0 Å². The summed E-state index contributed by atoms with van der Waals surface area (Å²) in [7, 11) is 5.56. The van der Waals surface area contributed by atoms with Crippen LogP contribution in [0.5, 0.6) is 0 Å². The van der Waals surface area contributed by atoms with E-state index >= 15 is 0 Å². The van der Waals surface area contributed by atoms with Crippen molar-refractivity contribution in [3.63, 3.8) is 0 Å². The van der Waals surface area contributed by atoms with Crippen molar-refractivity contribution < 1.29 is 9.59 Å². The number of amides is 2. The maximum atomic E-state index is 12.0. The Labute approximate surface area is 217 Å². The van der Waals surface area contributed by atoms with E-state index in [9.17, 15) is 9.59 Å². The molecule has 1 aromatic carbocycles. The lowest BCUT2D eigenvalue weighted by Gasteiger charge is -2.33. The summed E-state index contributed by atoms with van der Waals surface area (Å²) < 4.78 is 1.66. The molecule has 1 atom stereocenters. The molecule has 0 aliphatic carbocycles. The molecule has 0 bridgehead atoms. The van der Waals surface area contributed by atoms with Crippen LogP contribution in [-0.4, -0.2) is 71.8 Å². The van der Waals surface area contributed by atoms with Crippen molar-refractivity contribution in [1.29, 1.82) is 5.26 Å². The molecule has 0 radical (unpaired) electrons. The smallest absolute Gasteiger partial charge is 0.241 e. The van der Waals surface area contributed by atoms with Gasteiger partial charge in [0.2, 0.25) is 11.8 Å². The van der Waals surface area contributed by atoms with Crippen LogP contribution >= 0.6 is 0 Å².